The molecule has 1 aliphatic heterocycles. The number of aliphatic hydroxyl groups is 1. The summed E-state index contributed by atoms with van der Waals surface area (Å²) in [7, 11) is 0. The molecule has 1 saturated heterocycles. The second-order valence-corrected chi connectivity index (χ2v) is 4.82. The van der Waals surface area contributed by atoms with Gasteiger partial charge in [0.1, 0.15) is 17.1 Å². The summed E-state index contributed by atoms with van der Waals surface area (Å²) in [5.74, 6) is 1.58. The van der Waals surface area contributed by atoms with E-state index < -0.39 is 5.60 Å². The molecule has 1 aliphatic rings. The lowest BCUT2D eigenvalue weighted by Gasteiger charge is -2.20. The number of furan rings is 1. The molecule has 1 fully saturated rings. The minimum Gasteiger partial charge on any atom is -0.466 e. The van der Waals surface area contributed by atoms with Crippen molar-refractivity contribution in [2.75, 3.05) is 19.8 Å². The number of aryl methyl sites for hydroxylation is 2. The van der Waals surface area contributed by atoms with Crippen LogP contribution in [0.2, 0.25) is 0 Å². The second kappa shape index (κ2) is 5.54. The zero-order valence-electron chi connectivity index (χ0n) is 10.6. The van der Waals surface area contributed by atoms with E-state index in [1.807, 2.05) is 19.1 Å². The van der Waals surface area contributed by atoms with Gasteiger partial charge in [0.05, 0.1) is 6.61 Å². The third kappa shape index (κ3) is 3.58. The summed E-state index contributed by atoms with van der Waals surface area (Å²) in [5.41, 5.74) is -0.892. The van der Waals surface area contributed by atoms with Gasteiger partial charge in [0.2, 0.25) is 5.91 Å². The van der Waals surface area contributed by atoms with Gasteiger partial charge in [-0.3, -0.25) is 4.79 Å². The van der Waals surface area contributed by atoms with E-state index in [1.54, 1.807) is 0 Å². The van der Waals surface area contributed by atoms with Gasteiger partial charge in [0, 0.05) is 32.4 Å². The molecule has 18 heavy (non-hydrogen) atoms. The van der Waals surface area contributed by atoms with E-state index in [0.29, 0.717) is 32.5 Å². The summed E-state index contributed by atoms with van der Waals surface area (Å²) in [5, 5.41) is 12.7. The van der Waals surface area contributed by atoms with Crippen molar-refractivity contribution < 1.29 is 19.1 Å². The highest BCUT2D eigenvalue weighted by Crippen LogP contribution is 2.17. The number of carbonyl (C=O) groups excluding carboxylic acids is 1. The minimum atomic E-state index is -0.892. The topological polar surface area (TPSA) is 71.7 Å². The van der Waals surface area contributed by atoms with Gasteiger partial charge in [0.15, 0.2) is 0 Å². The molecule has 1 aromatic heterocycles. The van der Waals surface area contributed by atoms with Crippen LogP contribution in [0.25, 0.3) is 0 Å². The number of hydrogen-bond donors (Lipinski definition) is 2. The Bertz CT molecular complexity index is 407. The van der Waals surface area contributed by atoms with Gasteiger partial charge in [-0.2, -0.15) is 0 Å². The van der Waals surface area contributed by atoms with E-state index in [2.05, 4.69) is 5.32 Å². The Morgan fingerprint density at radius 3 is 3.00 bits per heavy atom. The van der Waals surface area contributed by atoms with Gasteiger partial charge in [-0.1, -0.05) is 0 Å². The minimum absolute atomic E-state index is 0.0793. The molecule has 2 heterocycles. The lowest BCUT2D eigenvalue weighted by molar-refractivity contribution is -0.122. The van der Waals surface area contributed by atoms with E-state index in [-0.39, 0.29) is 12.5 Å². The highest BCUT2D eigenvalue weighted by Gasteiger charge is 2.32. The zero-order chi connectivity index (χ0) is 13.0. The third-order valence-corrected chi connectivity index (χ3v) is 3.09. The van der Waals surface area contributed by atoms with Crippen molar-refractivity contribution in [1.82, 2.24) is 5.32 Å². The predicted molar refractivity (Wildman–Crippen MR) is 65.2 cm³/mol. The lowest BCUT2D eigenvalue weighted by atomic mass is 10.0. The van der Waals surface area contributed by atoms with E-state index in [4.69, 9.17) is 9.15 Å². The van der Waals surface area contributed by atoms with E-state index in [0.717, 1.165) is 11.5 Å². The Balaban J connectivity index is 1.69. The van der Waals surface area contributed by atoms with E-state index in [1.165, 1.54) is 0 Å². The molecule has 0 saturated carbocycles. The number of amides is 1. The maximum Gasteiger partial charge on any atom is 0.220 e. The molecule has 0 radical (unpaired) electrons. The fraction of sp³-hybridized carbons (Fsp3) is 0.615. The average molecular weight is 253 g/mol. The van der Waals surface area contributed by atoms with Gasteiger partial charge >= 0.3 is 0 Å². The van der Waals surface area contributed by atoms with Crippen LogP contribution in [-0.4, -0.2) is 36.4 Å². The molecule has 0 spiro atoms. The third-order valence-electron chi connectivity index (χ3n) is 3.09. The Morgan fingerprint density at radius 1 is 1.56 bits per heavy atom. The molecule has 5 heteroatoms. The van der Waals surface area contributed by atoms with Crippen LogP contribution in [-0.2, 0) is 16.0 Å². The van der Waals surface area contributed by atoms with Crippen LogP contribution in [0.4, 0.5) is 0 Å². The quantitative estimate of drug-likeness (QED) is 0.813. The first-order chi connectivity index (χ1) is 8.57. The summed E-state index contributed by atoms with van der Waals surface area (Å²) < 4.78 is 10.5. The van der Waals surface area contributed by atoms with Crippen LogP contribution >= 0.6 is 0 Å². The fourth-order valence-corrected chi connectivity index (χ4v) is 1.94. The summed E-state index contributed by atoms with van der Waals surface area (Å²) in [6.45, 7) is 2.98. The average Bonchev–Trinajstić information content (AvgIpc) is 2.94. The molecule has 0 aliphatic carbocycles. The van der Waals surface area contributed by atoms with Crippen LogP contribution in [0.15, 0.2) is 16.5 Å². The lowest BCUT2D eigenvalue weighted by Crippen LogP contribution is -2.43. The zero-order valence-corrected chi connectivity index (χ0v) is 10.6. The van der Waals surface area contributed by atoms with Crippen molar-refractivity contribution in [2.45, 2.75) is 31.8 Å². The Hall–Kier alpha value is -1.33. The molecule has 1 amide bonds. The molecular formula is C13H19NO4. The maximum atomic E-state index is 11.6. The standard InChI is InChI=1S/C13H19NO4/c1-10-2-3-11(18-10)4-5-12(15)14-8-13(16)6-7-17-9-13/h2-3,16H,4-9H2,1H3,(H,14,15)/t13-/m1/s1. The molecule has 2 rings (SSSR count). The smallest absolute Gasteiger partial charge is 0.220 e. The molecular weight excluding hydrogens is 234 g/mol. The van der Waals surface area contributed by atoms with E-state index >= 15 is 0 Å². The summed E-state index contributed by atoms with van der Waals surface area (Å²) in [6.07, 6.45) is 1.52. The molecule has 5 nitrogen and oxygen atoms in total. The van der Waals surface area contributed by atoms with Crippen LogP contribution in [0.3, 0.4) is 0 Å². The SMILES string of the molecule is Cc1ccc(CCC(=O)NC[C@]2(O)CCOC2)o1. The number of ether oxygens (including phenoxy) is 1. The first-order valence-corrected chi connectivity index (χ1v) is 6.20. The summed E-state index contributed by atoms with van der Waals surface area (Å²) in [6, 6.07) is 3.76. The first-order valence-electron chi connectivity index (χ1n) is 6.20. The summed E-state index contributed by atoms with van der Waals surface area (Å²) in [4.78, 5) is 11.6. The summed E-state index contributed by atoms with van der Waals surface area (Å²) >= 11 is 0. The first kappa shape index (κ1) is 13.1. The largest absolute Gasteiger partial charge is 0.466 e. The Morgan fingerprint density at radius 2 is 2.39 bits per heavy atom. The van der Waals surface area contributed by atoms with Crippen molar-refractivity contribution in [1.29, 1.82) is 0 Å². The van der Waals surface area contributed by atoms with Crippen LogP contribution in [0.1, 0.15) is 24.4 Å². The molecule has 0 bridgehead atoms. The highest BCUT2D eigenvalue weighted by atomic mass is 16.5. The van der Waals surface area contributed by atoms with Crippen LogP contribution in [0.5, 0.6) is 0 Å². The molecule has 0 aromatic carbocycles. The number of nitrogens with one attached hydrogen (secondary N) is 1. The second-order valence-electron chi connectivity index (χ2n) is 4.82. The van der Waals surface area contributed by atoms with Crippen molar-refractivity contribution in [3.05, 3.63) is 23.7 Å². The fourth-order valence-electron chi connectivity index (χ4n) is 1.94. The van der Waals surface area contributed by atoms with Crippen LogP contribution in [0, 0.1) is 6.92 Å². The number of rotatable bonds is 5. The van der Waals surface area contributed by atoms with Gasteiger partial charge < -0.3 is 19.6 Å². The highest BCUT2D eigenvalue weighted by molar-refractivity contribution is 5.76. The molecule has 100 valence electrons. The Labute approximate surface area is 106 Å². The monoisotopic (exact) mass is 253 g/mol. The number of hydrogen-bond acceptors (Lipinski definition) is 4. The van der Waals surface area contributed by atoms with Gasteiger partial charge in [-0.25, -0.2) is 0 Å². The molecule has 2 N–H and O–H groups in total. The van der Waals surface area contributed by atoms with Crippen molar-refractivity contribution in [3.8, 4) is 0 Å². The predicted octanol–water partition coefficient (Wildman–Crippen LogP) is 0.788. The van der Waals surface area contributed by atoms with Crippen LogP contribution < -0.4 is 5.32 Å². The van der Waals surface area contributed by atoms with Gasteiger partial charge in [0.25, 0.3) is 0 Å². The maximum absolute atomic E-state index is 11.6. The Kier molecular flexibility index (Phi) is 4.04. The molecule has 1 atom stereocenters. The molecule has 1 aromatic rings. The van der Waals surface area contributed by atoms with Gasteiger partial charge in [-0.15, -0.1) is 0 Å². The number of carbonyl (C=O) groups is 1. The van der Waals surface area contributed by atoms with Crippen molar-refractivity contribution in [2.24, 2.45) is 0 Å². The van der Waals surface area contributed by atoms with Gasteiger partial charge in [-0.05, 0) is 19.1 Å². The van der Waals surface area contributed by atoms with Crippen molar-refractivity contribution in [3.63, 3.8) is 0 Å². The normalized spacial score (nSPS) is 23.2. The molecule has 0 unspecified atom stereocenters. The van der Waals surface area contributed by atoms with E-state index in [9.17, 15) is 9.90 Å². The van der Waals surface area contributed by atoms with Crippen molar-refractivity contribution >= 4 is 5.91 Å².